The van der Waals surface area contributed by atoms with Crippen molar-refractivity contribution < 1.29 is 23.7 Å². The second-order valence-electron chi connectivity index (χ2n) is 5.65. The molecule has 2 rings (SSSR count). The van der Waals surface area contributed by atoms with Crippen molar-refractivity contribution in [2.75, 3.05) is 41.5 Å². The zero-order chi connectivity index (χ0) is 17.6. The summed E-state index contributed by atoms with van der Waals surface area (Å²) in [5.74, 6) is 0.742. The van der Waals surface area contributed by atoms with Crippen molar-refractivity contribution in [2.24, 2.45) is 0 Å². The normalized spacial score (nSPS) is 16.6. The fourth-order valence-electron chi connectivity index (χ4n) is 2.82. The third-order valence-electron chi connectivity index (χ3n) is 4.45. The van der Waals surface area contributed by atoms with Crippen molar-refractivity contribution in [3.63, 3.8) is 0 Å². The number of urea groups is 1. The topological polar surface area (TPSA) is 69.3 Å². The van der Waals surface area contributed by atoms with Gasteiger partial charge in [0.1, 0.15) is 0 Å². The van der Waals surface area contributed by atoms with Crippen molar-refractivity contribution >= 4 is 6.03 Å². The number of likely N-dealkylation sites (tertiary alicyclic amines) is 1. The summed E-state index contributed by atoms with van der Waals surface area (Å²) in [6.07, 6.45) is 1.31. The Morgan fingerprint density at radius 2 is 1.71 bits per heavy atom. The molecule has 0 bridgehead atoms. The third-order valence-corrected chi connectivity index (χ3v) is 4.45. The molecule has 1 saturated heterocycles. The zero-order valence-electron chi connectivity index (χ0n) is 14.8. The molecule has 134 valence electrons. The lowest BCUT2D eigenvalue weighted by molar-refractivity contribution is -0.226. The SMILES string of the molecule is COc1ccc(CNC(=O)N2CCC(OC)(OC)CC2)cc1OC. The molecule has 1 N–H and O–H groups in total. The lowest BCUT2D eigenvalue weighted by Crippen LogP contribution is -2.51. The number of amides is 2. The van der Waals surface area contributed by atoms with Crippen LogP contribution in [0.2, 0.25) is 0 Å². The van der Waals surface area contributed by atoms with Gasteiger partial charge in [-0.05, 0) is 17.7 Å². The summed E-state index contributed by atoms with van der Waals surface area (Å²) < 4.78 is 21.3. The number of hydrogen-bond donors (Lipinski definition) is 1. The number of hydrogen-bond acceptors (Lipinski definition) is 5. The summed E-state index contributed by atoms with van der Waals surface area (Å²) >= 11 is 0. The van der Waals surface area contributed by atoms with E-state index in [9.17, 15) is 4.79 Å². The standard InChI is InChI=1S/C17H26N2O5/c1-21-14-6-5-13(11-15(14)22-2)12-18-16(20)19-9-7-17(23-3,24-4)8-10-19/h5-6,11H,7-10,12H2,1-4H3,(H,18,20). The number of benzene rings is 1. The largest absolute Gasteiger partial charge is 0.493 e. The van der Waals surface area contributed by atoms with Crippen molar-refractivity contribution in [1.29, 1.82) is 0 Å². The minimum absolute atomic E-state index is 0.0920. The third kappa shape index (κ3) is 4.10. The maximum Gasteiger partial charge on any atom is 0.317 e. The van der Waals surface area contributed by atoms with Crippen LogP contribution in [0.1, 0.15) is 18.4 Å². The van der Waals surface area contributed by atoms with E-state index in [4.69, 9.17) is 18.9 Å². The highest BCUT2D eigenvalue weighted by Crippen LogP contribution is 2.28. The van der Waals surface area contributed by atoms with Crippen LogP contribution in [0.3, 0.4) is 0 Å². The van der Waals surface area contributed by atoms with E-state index >= 15 is 0 Å². The minimum Gasteiger partial charge on any atom is -0.493 e. The number of carbonyl (C=O) groups is 1. The van der Waals surface area contributed by atoms with Gasteiger partial charge >= 0.3 is 6.03 Å². The summed E-state index contributed by atoms with van der Waals surface area (Å²) in [4.78, 5) is 14.1. The van der Waals surface area contributed by atoms with Gasteiger partial charge in [0.05, 0.1) is 14.2 Å². The average Bonchev–Trinajstić information content (AvgIpc) is 2.65. The van der Waals surface area contributed by atoms with Gasteiger partial charge in [0, 0.05) is 46.7 Å². The molecule has 0 aromatic heterocycles. The summed E-state index contributed by atoms with van der Waals surface area (Å²) in [5.41, 5.74) is 0.945. The minimum atomic E-state index is -0.569. The summed E-state index contributed by atoms with van der Waals surface area (Å²) in [6, 6.07) is 5.49. The molecule has 0 aliphatic carbocycles. The van der Waals surface area contributed by atoms with E-state index < -0.39 is 5.79 Å². The first-order valence-electron chi connectivity index (χ1n) is 7.91. The first kappa shape index (κ1) is 18.4. The van der Waals surface area contributed by atoms with E-state index in [-0.39, 0.29) is 6.03 Å². The number of ether oxygens (including phenoxy) is 4. The molecule has 1 aliphatic heterocycles. The van der Waals surface area contributed by atoms with Gasteiger partial charge in [0.25, 0.3) is 0 Å². The molecule has 24 heavy (non-hydrogen) atoms. The fourth-order valence-corrected chi connectivity index (χ4v) is 2.82. The van der Waals surface area contributed by atoms with E-state index in [1.54, 1.807) is 33.3 Å². The molecule has 0 unspecified atom stereocenters. The van der Waals surface area contributed by atoms with Crippen molar-refractivity contribution in [2.45, 2.75) is 25.2 Å². The summed E-state index contributed by atoms with van der Waals surface area (Å²) in [5, 5.41) is 2.93. The maximum absolute atomic E-state index is 12.3. The lowest BCUT2D eigenvalue weighted by Gasteiger charge is -2.39. The van der Waals surface area contributed by atoms with E-state index in [2.05, 4.69) is 5.32 Å². The molecule has 1 aromatic rings. The van der Waals surface area contributed by atoms with E-state index in [0.717, 1.165) is 5.56 Å². The Labute approximate surface area is 142 Å². The average molecular weight is 338 g/mol. The molecule has 1 aromatic carbocycles. The van der Waals surface area contributed by atoms with Gasteiger partial charge in [0.15, 0.2) is 17.3 Å². The van der Waals surface area contributed by atoms with Gasteiger partial charge in [-0.25, -0.2) is 4.79 Å². The predicted octanol–water partition coefficient (Wildman–Crippen LogP) is 2.00. The van der Waals surface area contributed by atoms with E-state index in [0.29, 0.717) is 44.0 Å². The van der Waals surface area contributed by atoms with Gasteiger partial charge in [0.2, 0.25) is 0 Å². The molecule has 0 atom stereocenters. The lowest BCUT2D eigenvalue weighted by atomic mass is 10.0. The Bertz CT molecular complexity index is 550. The van der Waals surface area contributed by atoms with Crippen LogP contribution < -0.4 is 14.8 Å². The molecular weight excluding hydrogens is 312 g/mol. The molecule has 7 nitrogen and oxygen atoms in total. The molecule has 1 fully saturated rings. The van der Waals surface area contributed by atoms with Gasteiger partial charge in [-0.1, -0.05) is 6.07 Å². The quantitative estimate of drug-likeness (QED) is 0.804. The van der Waals surface area contributed by atoms with E-state index in [1.165, 1.54) is 0 Å². The maximum atomic E-state index is 12.3. The van der Waals surface area contributed by atoms with Gasteiger partial charge < -0.3 is 29.2 Å². The Morgan fingerprint density at radius 3 is 2.25 bits per heavy atom. The Balaban J connectivity index is 1.88. The second-order valence-corrected chi connectivity index (χ2v) is 5.65. The van der Waals surface area contributed by atoms with Crippen LogP contribution in [0.4, 0.5) is 4.79 Å². The number of rotatable bonds is 6. The molecule has 0 spiro atoms. The number of nitrogens with one attached hydrogen (secondary N) is 1. The summed E-state index contributed by atoms with van der Waals surface area (Å²) in [6.45, 7) is 1.62. The van der Waals surface area contributed by atoms with Gasteiger partial charge in [-0.15, -0.1) is 0 Å². The zero-order valence-corrected chi connectivity index (χ0v) is 14.8. The van der Waals surface area contributed by atoms with E-state index in [1.807, 2.05) is 18.2 Å². The smallest absolute Gasteiger partial charge is 0.317 e. The first-order valence-corrected chi connectivity index (χ1v) is 7.91. The van der Waals surface area contributed by atoms with Crippen molar-refractivity contribution in [3.8, 4) is 11.5 Å². The number of piperidine rings is 1. The monoisotopic (exact) mass is 338 g/mol. The Hall–Kier alpha value is -1.99. The van der Waals surface area contributed by atoms with Crippen LogP contribution in [0.15, 0.2) is 18.2 Å². The molecule has 7 heteroatoms. The predicted molar refractivity (Wildman–Crippen MR) is 89.3 cm³/mol. The van der Waals surface area contributed by atoms with Crippen LogP contribution in [0, 0.1) is 0 Å². The molecule has 0 saturated carbocycles. The van der Waals surface area contributed by atoms with Gasteiger partial charge in [-0.3, -0.25) is 0 Å². The fraction of sp³-hybridized carbons (Fsp3) is 0.588. The first-order chi connectivity index (χ1) is 11.6. The van der Waals surface area contributed by atoms with Crippen LogP contribution in [-0.4, -0.2) is 58.2 Å². The molecule has 0 radical (unpaired) electrons. The Morgan fingerprint density at radius 1 is 1.08 bits per heavy atom. The van der Waals surface area contributed by atoms with Crippen LogP contribution in [-0.2, 0) is 16.0 Å². The van der Waals surface area contributed by atoms with Crippen molar-refractivity contribution in [1.82, 2.24) is 10.2 Å². The molecule has 1 heterocycles. The number of carbonyl (C=O) groups excluding carboxylic acids is 1. The number of methoxy groups -OCH3 is 4. The molecular formula is C17H26N2O5. The summed E-state index contributed by atoms with van der Waals surface area (Å²) in [7, 11) is 6.45. The number of nitrogens with zero attached hydrogens (tertiary/aromatic N) is 1. The second kappa shape index (κ2) is 8.21. The van der Waals surface area contributed by atoms with Gasteiger partial charge in [-0.2, -0.15) is 0 Å². The molecule has 2 amide bonds. The highest BCUT2D eigenvalue weighted by atomic mass is 16.7. The van der Waals surface area contributed by atoms with Crippen molar-refractivity contribution in [3.05, 3.63) is 23.8 Å². The Kier molecular flexibility index (Phi) is 6.28. The highest BCUT2D eigenvalue weighted by Gasteiger charge is 2.35. The van der Waals surface area contributed by atoms with Crippen LogP contribution >= 0.6 is 0 Å². The highest BCUT2D eigenvalue weighted by molar-refractivity contribution is 5.74. The molecule has 1 aliphatic rings. The van der Waals surface area contributed by atoms with Crippen LogP contribution in [0.25, 0.3) is 0 Å². The van der Waals surface area contributed by atoms with Crippen LogP contribution in [0.5, 0.6) is 11.5 Å².